The van der Waals surface area contributed by atoms with Crippen LogP contribution in [0.5, 0.6) is 5.75 Å². The highest BCUT2D eigenvalue weighted by Gasteiger charge is 2.24. The van der Waals surface area contributed by atoms with E-state index < -0.39 is 0 Å². The summed E-state index contributed by atoms with van der Waals surface area (Å²) in [6.45, 7) is 2.11. The van der Waals surface area contributed by atoms with Gasteiger partial charge in [0, 0.05) is 4.83 Å². The van der Waals surface area contributed by atoms with Crippen molar-refractivity contribution >= 4 is 15.9 Å². The SMILES string of the molecule is COc1ccc(C(Br)C2CCCC2)cc1C. The van der Waals surface area contributed by atoms with Gasteiger partial charge in [-0.2, -0.15) is 0 Å². The highest BCUT2D eigenvalue weighted by Crippen LogP contribution is 2.41. The number of hydrogen-bond donors (Lipinski definition) is 0. The number of rotatable bonds is 3. The van der Waals surface area contributed by atoms with Gasteiger partial charge in [-0.1, -0.05) is 40.9 Å². The summed E-state index contributed by atoms with van der Waals surface area (Å²) in [5.41, 5.74) is 2.62. The quantitative estimate of drug-likeness (QED) is 0.735. The average Bonchev–Trinajstić information content (AvgIpc) is 2.81. The van der Waals surface area contributed by atoms with Crippen molar-refractivity contribution in [2.45, 2.75) is 37.4 Å². The molecule has 1 aliphatic carbocycles. The lowest BCUT2D eigenvalue weighted by Gasteiger charge is -2.18. The number of alkyl halides is 1. The van der Waals surface area contributed by atoms with E-state index >= 15 is 0 Å². The summed E-state index contributed by atoms with van der Waals surface area (Å²) in [6.07, 6.45) is 5.51. The minimum atomic E-state index is 0.514. The first-order chi connectivity index (χ1) is 7.72. The van der Waals surface area contributed by atoms with Gasteiger partial charge in [0.25, 0.3) is 0 Å². The van der Waals surface area contributed by atoms with Crippen molar-refractivity contribution in [3.05, 3.63) is 29.3 Å². The van der Waals surface area contributed by atoms with Crippen LogP contribution in [-0.4, -0.2) is 7.11 Å². The molecule has 0 spiro atoms. The highest BCUT2D eigenvalue weighted by molar-refractivity contribution is 9.09. The molecular weight excluding hydrogens is 264 g/mol. The van der Waals surface area contributed by atoms with E-state index in [9.17, 15) is 0 Å². The van der Waals surface area contributed by atoms with Crippen LogP contribution in [0.25, 0.3) is 0 Å². The molecule has 0 heterocycles. The van der Waals surface area contributed by atoms with Gasteiger partial charge in [0.15, 0.2) is 0 Å². The van der Waals surface area contributed by atoms with Crippen LogP contribution in [0.4, 0.5) is 0 Å². The maximum Gasteiger partial charge on any atom is 0.121 e. The van der Waals surface area contributed by atoms with Gasteiger partial charge < -0.3 is 4.74 Å². The van der Waals surface area contributed by atoms with Crippen LogP contribution in [0.15, 0.2) is 18.2 Å². The Morgan fingerprint density at radius 3 is 2.56 bits per heavy atom. The Balaban J connectivity index is 2.16. The molecule has 1 saturated carbocycles. The molecule has 0 aromatic heterocycles. The maximum absolute atomic E-state index is 5.29. The van der Waals surface area contributed by atoms with E-state index in [2.05, 4.69) is 41.1 Å². The van der Waals surface area contributed by atoms with Crippen LogP contribution in [0, 0.1) is 12.8 Å². The Morgan fingerprint density at radius 2 is 2.00 bits per heavy atom. The third kappa shape index (κ3) is 2.42. The van der Waals surface area contributed by atoms with Gasteiger partial charge in [-0.25, -0.2) is 0 Å². The Bertz CT molecular complexity index is 356. The lowest BCUT2D eigenvalue weighted by atomic mass is 9.96. The van der Waals surface area contributed by atoms with E-state index in [1.807, 2.05) is 0 Å². The lowest BCUT2D eigenvalue weighted by Crippen LogP contribution is -2.03. The first-order valence-electron chi connectivity index (χ1n) is 6.01. The molecule has 2 heteroatoms. The monoisotopic (exact) mass is 282 g/mol. The van der Waals surface area contributed by atoms with E-state index in [-0.39, 0.29) is 0 Å². The minimum Gasteiger partial charge on any atom is -0.496 e. The summed E-state index contributed by atoms with van der Waals surface area (Å²) in [5, 5.41) is 0. The van der Waals surface area contributed by atoms with Crippen LogP contribution in [0.1, 0.15) is 41.6 Å². The number of ether oxygens (including phenoxy) is 1. The first kappa shape index (κ1) is 12.0. The Hall–Kier alpha value is -0.500. The molecule has 16 heavy (non-hydrogen) atoms. The molecule has 1 fully saturated rings. The predicted octanol–water partition coefficient (Wildman–Crippen LogP) is 4.63. The Labute approximate surface area is 106 Å². The zero-order chi connectivity index (χ0) is 11.5. The van der Waals surface area contributed by atoms with E-state index in [1.165, 1.54) is 36.8 Å². The molecule has 0 radical (unpaired) electrons. The molecule has 88 valence electrons. The summed E-state index contributed by atoms with van der Waals surface area (Å²) in [6, 6.07) is 6.51. The zero-order valence-corrected chi connectivity index (χ0v) is 11.6. The summed E-state index contributed by atoms with van der Waals surface area (Å²) in [7, 11) is 1.73. The van der Waals surface area contributed by atoms with Crippen molar-refractivity contribution in [1.82, 2.24) is 0 Å². The van der Waals surface area contributed by atoms with Crippen LogP contribution in [-0.2, 0) is 0 Å². The Morgan fingerprint density at radius 1 is 1.31 bits per heavy atom. The molecular formula is C14H19BrO. The number of aryl methyl sites for hydroxylation is 1. The van der Waals surface area contributed by atoms with Gasteiger partial charge in [0.05, 0.1) is 7.11 Å². The maximum atomic E-state index is 5.29. The molecule has 1 atom stereocenters. The van der Waals surface area contributed by atoms with E-state index in [1.54, 1.807) is 7.11 Å². The smallest absolute Gasteiger partial charge is 0.121 e. The van der Waals surface area contributed by atoms with Crippen LogP contribution in [0.2, 0.25) is 0 Å². The molecule has 0 saturated heterocycles. The van der Waals surface area contributed by atoms with Crippen molar-refractivity contribution in [1.29, 1.82) is 0 Å². The topological polar surface area (TPSA) is 9.23 Å². The summed E-state index contributed by atoms with van der Waals surface area (Å²) in [4.78, 5) is 0.514. The number of benzene rings is 1. The second-order valence-corrected chi connectivity index (χ2v) is 5.66. The van der Waals surface area contributed by atoms with Crippen molar-refractivity contribution in [2.24, 2.45) is 5.92 Å². The molecule has 1 aromatic rings. The molecule has 0 aliphatic heterocycles. The van der Waals surface area contributed by atoms with Crippen molar-refractivity contribution < 1.29 is 4.74 Å². The number of halogens is 1. The Kier molecular flexibility index (Phi) is 3.91. The third-order valence-electron chi connectivity index (χ3n) is 3.55. The molecule has 0 N–H and O–H groups in total. The van der Waals surface area contributed by atoms with Gasteiger partial charge in [-0.15, -0.1) is 0 Å². The molecule has 0 bridgehead atoms. The molecule has 1 aromatic carbocycles. The first-order valence-corrected chi connectivity index (χ1v) is 6.92. The predicted molar refractivity (Wildman–Crippen MR) is 71.4 cm³/mol. The van der Waals surface area contributed by atoms with Crippen molar-refractivity contribution in [2.75, 3.05) is 7.11 Å². The fourth-order valence-electron chi connectivity index (χ4n) is 2.60. The van der Waals surface area contributed by atoms with Gasteiger partial charge in [-0.3, -0.25) is 0 Å². The second kappa shape index (κ2) is 5.22. The summed E-state index contributed by atoms with van der Waals surface area (Å²) < 4.78 is 5.29. The molecule has 1 aliphatic rings. The van der Waals surface area contributed by atoms with Gasteiger partial charge in [-0.05, 0) is 42.9 Å². The standard InChI is InChI=1S/C14H19BrO/c1-10-9-12(7-8-13(10)16-2)14(15)11-5-3-4-6-11/h7-9,11,14H,3-6H2,1-2H3. The summed E-state index contributed by atoms with van der Waals surface area (Å²) in [5.74, 6) is 1.79. The van der Waals surface area contributed by atoms with Gasteiger partial charge in [0.2, 0.25) is 0 Å². The normalized spacial score (nSPS) is 18.7. The average molecular weight is 283 g/mol. The highest BCUT2D eigenvalue weighted by atomic mass is 79.9. The summed E-state index contributed by atoms with van der Waals surface area (Å²) >= 11 is 3.85. The fraction of sp³-hybridized carbons (Fsp3) is 0.571. The van der Waals surface area contributed by atoms with E-state index in [4.69, 9.17) is 4.74 Å². The minimum absolute atomic E-state index is 0.514. The van der Waals surface area contributed by atoms with Crippen molar-refractivity contribution in [3.8, 4) is 5.75 Å². The fourth-order valence-corrected chi connectivity index (χ4v) is 3.41. The molecule has 2 rings (SSSR count). The molecule has 1 nitrogen and oxygen atoms in total. The van der Waals surface area contributed by atoms with E-state index in [0.717, 1.165) is 11.7 Å². The third-order valence-corrected chi connectivity index (χ3v) is 4.83. The molecule has 0 amide bonds. The van der Waals surface area contributed by atoms with Crippen LogP contribution < -0.4 is 4.74 Å². The van der Waals surface area contributed by atoms with Gasteiger partial charge in [0.1, 0.15) is 5.75 Å². The molecule has 1 unspecified atom stereocenters. The largest absolute Gasteiger partial charge is 0.496 e. The van der Waals surface area contributed by atoms with Crippen LogP contribution >= 0.6 is 15.9 Å². The van der Waals surface area contributed by atoms with E-state index in [0.29, 0.717) is 4.83 Å². The zero-order valence-electron chi connectivity index (χ0n) is 10.0. The lowest BCUT2D eigenvalue weighted by molar-refractivity contribution is 0.411. The van der Waals surface area contributed by atoms with Gasteiger partial charge >= 0.3 is 0 Å². The van der Waals surface area contributed by atoms with Crippen LogP contribution in [0.3, 0.4) is 0 Å². The number of hydrogen-bond acceptors (Lipinski definition) is 1. The second-order valence-electron chi connectivity index (χ2n) is 4.68. The number of methoxy groups -OCH3 is 1. The van der Waals surface area contributed by atoms with Crippen molar-refractivity contribution in [3.63, 3.8) is 0 Å².